The largest absolute Gasteiger partial charge is 0.370 e. The monoisotopic (exact) mass is 366 g/mol. The number of sulfonamides is 1. The second-order valence-corrected chi connectivity index (χ2v) is 8.88. The third kappa shape index (κ3) is 3.93. The van der Waals surface area contributed by atoms with Gasteiger partial charge >= 0.3 is 0 Å². The normalized spacial score (nSPS) is 15.7. The molecule has 1 N–H and O–H groups in total. The zero-order valence-corrected chi connectivity index (χ0v) is 15.4. The van der Waals surface area contributed by atoms with Crippen LogP contribution in [0.1, 0.15) is 29.7 Å². The van der Waals surface area contributed by atoms with Crippen molar-refractivity contribution >= 4 is 27.2 Å². The molecule has 0 atom stereocenters. The van der Waals surface area contributed by atoms with Gasteiger partial charge in [0.05, 0.1) is 5.01 Å². The summed E-state index contributed by atoms with van der Waals surface area (Å²) in [5.41, 5.74) is 0. The molecular weight excluding hydrogens is 344 g/mol. The van der Waals surface area contributed by atoms with Crippen LogP contribution >= 0.6 is 11.3 Å². The summed E-state index contributed by atoms with van der Waals surface area (Å²) in [4.78, 5) is 10.2. The van der Waals surface area contributed by atoms with Gasteiger partial charge in [-0.3, -0.25) is 0 Å². The smallest absolute Gasteiger partial charge is 0.244 e. The predicted molar refractivity (Wildman–Crippen MR) is 95.9 cm³/mol. The standard InChI is InChI=1S/C16H22N4O2S2/c1-2-13-11-19-16(23-13)7-8-17-15-6-5-14(12-18-15)24(21,22)20-9-3-4-10-20/h5-6,11-12H,2-4,7-10H2,1H3,(H,17,18). The quantitative estimate of drug-likeness (QED) is 0.815. The summed E-state index contributed by atoms with van der Waals surface area (Å²) in [6, 6.07) is 3.35. The first-order valence-corrected chi connectivity index (χ1v) is 10.5. The summed E-state index contributed by atoms with van der Waals surface area (Å²) in [6.45, 7) is 4.06. The molecule has 6 nitrogen and oxygen atoms in total. The molecule has 0 radical (unpaired) electrons. The van der Waals surface area contributed by atoms with Crippen LogP contribution in [0.25, 0.3) is 0 Å². The molecule has 8 heteroatoms. The van der Waals surface area contributed by atoms with E-state index in [0.29, 0.717) is 18.9 Å². The number of nitrogens with zero attached hydrogens (tertiary/aromatic N) is 3. The highest BCUT2D eigenvalue weighted by molar-refractivity contribution is 7.89. The van der Waals surface area contributed by atoms with E-state index in [1.165, 1.54) is 15.4 Å². The van der Waals surface area contributed by atoms with Crippen molar-refractivity contribution in [3.05, 3.63) is 34.4 Å². The Morgan fingerprint density at radius 3 is 2.62 bits per heavy atom. The maximum atomic E-state index is 12.4. The van der Waals surface area contributed by atoms with E-state index in [9.17, 15) is 8.42 Å². The lowest BCUT2D eigenvalue weighted by Gasteiger charge is -2.15. The van der Waals surface area contributed by atoms with E-state index in [2.05, 4.69) is 22.2 Å². The molecule has 3 heterocycles. The highest BCUT2D eigenvalue weighted by Crippen LogP contribution is 2.21. The van der Waals surface area contributed by atoms with E-state index < -0.39 is 10.0 Å². The van der Waals surface area contributed by atoms with Gasteiger partial charge in [0.15, 0.2) is 0 Å². The first-order chi connectivity index (χ1) is 11.6. The molecule has 0 saturated carbocycles. The number of hydrogen-bond donors (Lipinski definition) is 1. The van der Waals surface area contributed by atoms with Gasteiger partial charge < -0.3 is 5.32 Å². The number of hydrogen-bond acceptors (Lipinski definition) is 6. The van der Waals surface area contributed by atoms with Gasteiger partial charge in [-0.2, -0.15) is 4.31 Å². The zero-order chi connectivity index (χ0) is 17.0. The Morgan fingerprint density at radius 1 is 1.21 bits per heavy atom. The Morgan fingerprint density at radius 2 is 2.00 bits per heavy atom. The Balaban J connectivity index is 1.56. The number of nitrogens with one attached hydrogen (secondary N) is 1. The average Bonchev–Trinajstić information content (AvgIpc) is 3.27. The first kappa shape index (κ1) is 17.3. The molecule has 0 bridgehead atoms. The molecule has 1 fully saturated rings. The van der Waals surface area contributed by atoms with Crippen molar-refractivity contribution in [1.29, 1.82) is 0 Å². The van der Waals surface area contributed by atoms with Gasteiger partial charge in [0, 0.05) is 43.3 Å². The van der Waals surface area contributed by atoms with Gasteiger partial charge in [-0.1, -0.05) is 6.92 Å². The minimum atomic E-state index is -3.38. The van der Waals surface area contributed by atoms with Crippen molar-refractivity contribution in [1.82, 2.24) is 14.3 Å². The van der Waals surface area contributed by atoms with Crippen molar-refractivity contribution in [2.75, 3.05) is 25.0 Å². The fourth-order valence-electron chi connectivity index (χ4n) is 2.64. The first-order valence-electron chi connectivity index (χ1n) is 8.23. The summed E-state index contributed by atoms with van der Waals surface area (Å²) in [6.07, 6.45) is 7.08. The van der Waals surface area contributed by atoms with E-state index in [-0.39, 0.29) is 4.90 Å². The van der Waals surface area contributed by atoms with Gasteiger partial charge in [-0.25, -0.2) is 18.4 Å². The molecule has 24 heavy (non-hydrogen) atoms. The van der Waals surface area contributed by atoms with Crippen LogP contribution in [-0.4, -0.2) is 42.3 Å². The van der Waals surface area contributed by atoms with Crippen LogP contribution < -0.4 is 5.32 Å². The van der Waals surface area contributed by atoms with Crippen molar-refractivity contribution in [2.45, 2.75) is 37.5 Å². The molecule has 0 unspecified atom stereocenters. The van der Waals surface area contributed by atoms with Crippen LogP contribution in [-0.2, 0) is 22.9 Å². The van der Waals surface area contributed by atoms with Crippen molar-refractivity contribution in [3.63, 3.8) is 0 Å². The second kappa shape index (κ2) is 7.58. The number of aryl methyl sites for hydroxylation is 1. The molecule has 2 aromatic heterocycles. The Hall–Kier alpha value is -1.51. The number of pyridine rings is 1. The number of aromatic nitrogens is 2. The van der Waals surface area contributed by atoms with E-state index in [1.807, 2.05) is 6.20 Å². The van der Waals surface area contributed by atoms with Gasteiger partial charge in [0.1, 0.15) is 10.7 Å². The maximum absolute atomic E-state index is 12.4. The molecule has 1 saturated heterocycles. The summed E-state index contributed by atoms with van der Waals surface area (Å²) >= 11 is 1.73. The molecule has 0 amide bonds. The van der Waals surface area contributed by atoms with E-state index >= 15 is 0 Å². The fraction of sp³-hybridized carbons (Fsp3) is 0.500. The van der Waals surface area contributed by atoms with Crippen LogP contribution in [0.2, 0.25) is 0 Å². The molecule has 2 aromatic rings. The lowest BCUT2D eigenvalue weighted by atomic mass is 10.4. The van der Waals surface area contributed by atoms with Gasteiger partial charge in [0.25, 0.3) is 0 Å². The van der Waals surface area contributed by atoms with Gasteiger partial charge in [-0.05, 0) is 31.4 Å². The molecule has 3 rings (SSSR count). The number of thiazole rings is 1. The molecule has 0 aliphatic carbocycles. The molecule has 0 aromatic carbocycles. The minimum Gasteiger partial charge on any atom is -0.370 e. The molecule has 1 aliphatic rings. The van der Waals surface area contributed by atoms with Crippen LogP contribution in [0.3, 0.4) is 0 Å². The third-order valence-corrected chi connectivity index (χ3v) is 7.12. The summed E-state index contributed by atoms with van der Waals surface area (Å²) in [5, 5.41) is 4.32. The lowest BCUT2D eigenvalue weighted by Crippen LogP contribution is -2.27. The molecule has 1 aliphatic heterocycles. The minimum absolute atomic E-state index is 0.266. The Bertz CT molecular complexity index is 766. The van der Waals surface area contributed by atoms with Crippen LogP contribution in [0.15, 0.2) is 29.4 Å². The molecule has 0 spiro atoms. The van der Waals surface area contributed by atoms with Crippen LogP contribution in [0.5, 0.6) is 0 Å². The topological polar surface area (TPSA) is 75.2 Å². The summed E-state index contributed by atoms with van der Waals surface area (Å²) < 4.78 is 26.4. The highest BCUT2D eigenvalue weighted by Gasteiger charge is 2.27. The lowest BCUT2D eigenvalue weighted by molar-refractivity contribution is 0.477. The highest BCUT2D eigenvalue weighted by atomic mass is 32.2. The van der Waals surface area contributed by atoms with Crippen molar-refractivity contribution in [3.8, 4) is 0 Å². The summed E-state index contributed by atoms with van der Waals surface area (Å²) in [7, 11) is -3.38. The van der Waals surface area contributed by atoms with E-state index in [0.717, 1.165) is 37.2 Å². The zero-order valence-electron chi connectivity index (χ0n) is 13.7. The average molecular weight is 367 g/mol. The maximum Gasteiger partial charge on any atom is 0.244 e. The van der Waals surface area contributed by atoms with Gasteiger partial charge in [0.2, 0.25) is 10.0 Å². The van der Waals surface area contributed by atoms with Crippen LogP contribution in [0, 0.1) is 0 Å². The number of anilines is 1. The Labute approximate surface area is 147 Å². The molecular formula is C16H22N4O2S2. The van der Waals surface area contributed by atoms with E-state index in [1.54, 1.807) is 23.5 Å². The van der Waals surface area contributed by atoms with Gasteiger partial charge in [-0.15, -0.1) is 11.3 Å². The fourth-order valence-corrected chi connectivity index (χ4v) is 4.96. The Kier molecular flexibility index (Phi) is 5.47. The van der Waals surface area contributed by atoms with E-state index in [4.69, 9.17) is 0 Å². The summed E-state index contributed by atoms with van der Waals surface area (Å²) in [5.74, 6) is 0.683. The van der Waals surface area contributed by atoms with Crippen LogP contribution in [0.4, 0.5) is 5.82 Å². The molecule has 130 valence electrons. The third-order valence-electron chi connectivity index (χ3n) is 4.03. The van der Waals surface area contributed by atoms with Crippen molar-refractivity contribution < 1.29 is 8.42 Å². The SMILES string of the molecule is CCc1cnc(CCNc2ccc(S(=O)(=O)N3CCCC3)cn2)s1. The predicted octanol–water partition coefficient (Wildman–Crippen LogP) is 2.54. The van der Waals surface area contributed by atoms with Crippen molar-refractivity contribution in [2.24, 2.45) is 0 Å². The second-order valence-electron chi connectivity index (χ2n) is 5.74. The number of rotatable bonds is 7.